The first-order valence-corrected chi connectivity index (χ1v) is 5.31. The molecule has 0 saturated carbocycles. The molecule has 0 saturated heterocycles. The second-order valence-electron chi connectivity index (χ2n) is 3.07. The monoisotopic (exact) mass is 281 g/mol. The highest BCUT2D eigenvalue weighted by Gasteiger charge is 2.13. The molecular weight excluding hydrogens is 274 g/mol. The summed E-state index contributed by atoms with van der Waals surface area (Å²) in [6.07, 6.45) is 0. The number of hydrogen-bond acceptors (Lipinski definition) is 4. The topological polar surface area (TPSA) is 52.3 Å². The summed E-state index contributed by atoms with van der Waals surface area (Å²) in [4.78, 5) is 11.1. The van der Waals surface area contributed by atoms with Gasteiger partial charge in [-0.25, -0.2) is 4.79 Å². The molecule has 5 heteroatoms. The van der Waals surface area contributed by atoms with Crippen LogP contribution in [0.15, 0.2) is 39.3 Å². The second-order valence-corrected chi connectivity index (χ2v) is 3.99. The standard InChI is InChI=1S/C11H8BrNO3/c1-15-11(14)10-6-9(13-16-10)7-2-4-8(12)5-3-7/h2-6H,1H3. The Labute approximate surface area is 100 Å². The number of methoxy groups -OCH3 is 1. The molecule has 0 amide bonds. The maximum absolute atomic E-state index is 11.1. The van der Waals surface area contributed by atoms with Crippen LogP contribution in [-0.4, -0.2) is 18.2 Å². The molecule has 0 aliphatic heterocycles. The smallest absolute Gasteiger partial charge is 0.376 e. The quantitative estimate of drug-likeness (QED) is 0.795. The fourth-order valence-corrected chi connectivity index (χ4v) is 1.49. The van der Waals surface area contributed by atoms with Crippen LogP contribution in [0, 0.1) is 0 Å². The first-order valence-electron chi connectivity index (χ1n) is 4.51. The molecule has 4 nitrogen and oxygen atoms in total. The van der Waals surface area contributed by atoms with Crippen molar-refractivity contribution in [3.05, 3.63) is 40.6 Å². The molecule has 1 heterocycles. The molecule has 1 aromatic heterocycles. The number of carbonyl (C=O) groups excluding carboxylic acids is 1. The third kappa shape index (κ3) is 2.14. The van der Waals surface area contributed by atoms with Gasteiger partial charge in [0.15, 0.2) is 0 Å². The van der Waals surface area contributed by atoms with Crippen molar-refractivity contribution < 1.29 is 14.1 Å². The maximum atomic E-state index is 11.1. The van der Waals surface area contributed by atoms with Gasteiger partial charge in [-0.2, -0.15) is 0 Å². The van der Waals surface area contributed by atoms with Gasteiger partial charge in [-0.1, -0.05) is 33.2 Å². The minimum Gasteiger partial charge on any atom is -0.463 e. The fraction of sp³-hybridized carbons (Fsp3) is 0.0909. The van der Waals surface area contributed by atoms with Crippen molar-refractivity contribution in [3.8, 4) is 11.3 Å². The van der Waals surface area contributed by atoms with E-state index in [4.69, 9.17) is 4.52 Å². The summed E-state index contributed by atoms with van der Waals surface area (Å²) < 4.78 is 10.4. The lowest BCUT2D eigenvalue weighted by Crippen LogP contribution is -1.98. The average Bonchev–Trinajstić information content (AvgIpc) is 2.78. The number of nitrogens with zero attached hydrogens (tertiary/aromatic N) is 1. The molecule has 2 aromatic rings. The van der Waals surface area contributed by atoms with E-state index in [-0.39, 0.29) is 5.76 Å². The Morgan fingerprint density at radius 1 is 1.38 bits per heavy atom. The summed E-state index contributed by atoms with van der Waals surface area (Å²) in [5.41, 5.74) is 1.48. The van der Waals surface area contributed by atoms with E-state index in [0.29, 0.717) is 5.69 Å². The lowest BCUT2D eigenvalue weighted by Gasteiger charge is -1.94. The highest BCUT2D eigenvalue weighted by atomic mass is 79.9. The third-order valence-electron chi connectivity index (χ3n) is 2.04. The molecule has 0 bridgehead atoms. The Balaban J connectivity index is 2.31. The Morgan fingerprint density at radius 3 is 2.69 bits per heavy atom. The summed E-state index contributed by atoms with van der Waals surface area (Å²) in [7, 11) is 1.30. The van der Waals surface area contributed by atoms with E-state index in [2.05, 4.69) is 25.8 Å². The Morgan fingerprint density at radius 2 is 2.06 bits per heavy atom. The number of halogens is 1. The molecule has 0 fully saturated rings. The van der Waals surface area contributed by atoms with Gasteiger partial charge in [0.2, 0.25) is 5.76 Å². The maximum Gasteiger partial charge on any atom is 0.376 e. The van der Waals surface area contributed by atoms with E-state index in [0.717, 1.165) is 10.0 Å². The number of aromatic nitrogens is 1. The van der Waals surface area contributed by atoms with Crippen molar-refractivity contribution in [1.82, 2.24) is 5.16 Å². The van der Waals surface area contributed by atoms with Crippen LogP contribution < -0.4 is 0 Å². The Kier molecular flexibility index (Phi) is 3.05. The first-order chi connectivity index (χ1) is 7.70. The van der Waals surface area contributed by atoms with Crippen molar-refractivity contribution in [2.24, 2.45) is 0 Å². The van der Waals surface area contributed by atoms with Crippen LogP contribution in [0.5, 0.6) is 0 Å². The van der Waals surface area contributed by atoms with Gasteiger partial charge in [0.05, 0.1) is 7.11 Å². The van der Waals surface area contributed by atoms with Crippen LogP contribution in [-0.2, 0) is 4.74 Å². The van der Waals surface area contributed by atoms with Crippen molar-refractivity contribution in [2.75, 3.05) is 7.11 Å². The normalized spacial score (nSPS) is 10.1. The Hall–Kier alpha value is -1.62. The molecule has 1 aromatic carbocycles. The summed E-state index contributed by atoms with van der Waals surface area (Å²) in [6.45, 7) is 0. The highest BCUT2D eigenvalue weighted by Crippen LogP contribution is 2.21. The SMILES string of the molecule is COC(=O)c1cc(-c2ccc(Br)cc2)no1. The van der Waals surface area contributed by atoms with Crippen LogP contribution >= 0.6 is 15.9 Å². The van der Waals surface area contributed by atoms with Gasteiger partial charge < -0.3 is 9.26 Å². The minimum atomic E-state index is -0.532. The second kappa shape index (κ2) is 4.49. The van der Waals surface area contributed by atoms with Gasteiger partial charge in [0.25, 0.3) is 0 Å². The minimum absolute atomic E-state index is 0.0976. The number of hydrogen-bond donors (Lipinski definition) is 0. The summed E-state index contributed by atoms with van der Waals surface area (Å²) in [5, 5.41) is 3.79. The van der Waals surface area contributed by atoms with E-state index >= 15 is 0 Å². The predicted molar refractivity (Wildman–Crippen MR) is 61.0 cm³/mol. The Bertz CT molecular complexity index is 504. The molecule has 0 spiro atoms. The van der Waals surface area contributed by atoms with Crippen LogP contribution in [0.25, 0.3) is 11.3 Å². The number of esters is 1. The molecule has 2 rings (SSSR count). The largest absolute Gasteiger partial charge is 0.463 e. The summed E-state index contributed by atoms with van der Waals surface area (Å²) in [5.74, 6) is -0.434. The van der Waals surface area contributed by atoms with Crippen LogP contribution in [0.3, 0.4) is 0 Å². The van der Waals surface area contributed by atoms with E-state index in [9.17, 15) is 4.79 Å². The lowest BCUT2D eigenvalue weighted by molar-refractivity contribution is 0.0554. The predicted octanol–water partition coefficient (Wildman–Crippen LogP) is 2.89. The zero-order chi connectivity index (χ0) is 11.5. The molecule has 82 valence electrons. The van der Waals surface area contributed by atoms with Crippen LogP contribution in [0.1, 0.15) is 10.6 Å². The van der Waals surface area contributed by atoms with Crippen molar-refractivity contribution in [2.45, 2.75) is 0 Å². The molecule has 0 N–H and O–H groups in total. The van der Waals surface area contributed by atoms with Gasteiger partial charge in [-0.05, 0) is 12.1 Å². The highest BCUT2D eigenvalue weighted by molar-refractivity contribution is 9.10. The number of rotatable bonds is 2. The molecule has 0 aliphatic rings. The van der Waals surface area contributed by atoms with Gasteiger partial charge in [0.1, 0.15) is 5.69 Å². The molecule has 16 heavy (non-hydrogen) atoms. The van der Waals surface area contributed by atoms with E-state index in [1.165, 1.54) is 7.11 Å². The molecule has 0 atom stereocenters. The average molecular weight is 282 g/mol. The molecule has 0 unspecified atom stereocenters. The van der Waals surface area contributed by atoms with Crippen LogP contribution in [0.2, 0.25) is 0 Å². The van der Waals surface area contributed by atoms with Gasteiger partial charge in [-0.3, -0.25) is 0 Å². The molecular formula is C11H8BrNO3. The summed E-state index contributed by atoms with van der Waals surface area (Å²) in [6, 6.07) is 9.09. The number of benzene rings is 1. The first kappa shape index (κ1) is 10.9. The summed E-state index contributed by atoms with van der Waals surface area (Å²) >= 11 is 3.34. The molecule has 0 radical (unpaired) electrons. The zero-order valence-electron chi connectivity index (χ0n) is 8.44. The number of carbonyl (C=O) groups is 1. The van der Waals surface area contributed by atoms with E-state index < -0.39 is 5.97 Å². The van der Waals surface area contributed by atoms with Crippen molar-refractivity contribution in [3.63, 3.8) is 0 Å². The third-order valence-corrected chi connectivity index (χ3v) is 2.57. The van der Waals surface area contributed by atoms with Gasteiger partial charge in [0, 0.05) is 16.1 Å². The van der Waals surface area contributed by atoms with Crippen LogP contribution in [0.4, 0.5) is 0 Å². The van der Waals surface area contributed by atoms with Crippen molar-refractivity contribution in [1.29, 1.82) is 0 Å². The lowest BCUT2D eigenvalue weighted by atomic mass is 10.1. The van der Waals surface area contributed by atoms with Gasteiger partial charge in [-0.15, -0.1) is 0 Å². The van der Waals surface area contributed by atoms with E-state index in [1.807, 2.05) is 24.3 Å². The molecule has 0 aliphatic carbocycles. The van der Waals surface area contributed by atoms with E-state index in [1.54, 1.807) is 6.07 Å². The van der Waals surface area contributed by atoms with Crippen molar-refractivity contribution >= 4 is 21.9 Å². The number of ether oxygens (including phenoxy) is 1. The van der Waals surface area contributed by atoms with Gasteiger partial charge >= 0.3 is 5.97 Å². The fourth-order valence-electron chi connectivity index (χ4n) is 1.23. The zero-order valence-corrected chi connectivity index (χ0v) is 10.0.